The molecule has 1 aliphatic rings. The summed E-state index contributed by atoms with van der Waals surface area (Å²) >= 11 is 0. The van der Waals surface area contributed by atoms with Crippen LogP contribution in [0.2, 0.25) is 0 Å². The lowest BCUT2D eigenvalue weighted by atomic mass is 9.92. The highest BCUT2D eigenvalue weighted by Crippen LogP contribution is 2.19. The Morgan fingerprint density at radius 2 is 2.04 bits per heavy atom. The van der Waals surface area contributed by atoms with Gasteiger partial charge in [0, 0.05) is 32.4 Å². The zero-order valence-corrected chi connectivity index (χ0v) is 14.8. The average Bonchev–Trinajstić information content (AvgIpc) is 2.61. The van der Waals surface area contributed by atoms with E-state index in [9.17, 15) is 4.79 Å². The van der Waals surface area contributed by atoms with Crippen LogP contribution < -0.4 is 15.8 Å². The number of halogens is 1. The second kappa shape index (κ2) is 11.3. The fraction of sp³-hybridized carbons (Fsp3) is 0.588. The molecule has 1 aliphatic heterocycles. The second-order valence-electron chi connectivity index (χ2n) is 5.64. The van der Waals surface area contributed by atoms with E-state index in [4.69, 9.17) is 19.9 Å². The Balaban J connectivity index is 0.00000288. The first-order chi connectivity index (χ1) is 11.2. The van der Waals surface area contributed by atoms with Gasteiger partial charge in [-0.3, -0.25) is 4.79 Å². The van der Waals surface area contributed by atoms with Gasteiger partial charge in [0.25, 0.3) is 0 Å². The fourth-order valence-electron chi connectivity index (χ4n) is 2.61. The van der Waals surface area contributed by atoms with Gasteiger partial charge < -0.3 is 25.3 Å². The van der Waals surface area contributed by atoms with Crippen molar-refractivity contribution < 1.29 is 19.0 Å². The molecule has 24 heavy (non-hydrogen) atoms. The molecule has 0 spiro atoms. The number of nitrogens with two attached hydrogens (primary N) is 1. The van der Waals surface area contributed by atoms with Gasteiger partial charge in [0.2, 0.25) is 5.91 Å². The smallest absolute Gasteiger partial charge is 0.237 e. The molecule has 6 nitrogen and oxygen atoms in total. The number of ether oxygens (including phenoxy) is 3. The van der Waals surface area contributed by atoms with E-state index < -0.39 is 6.04 Å². The van der Waals surface area contributed by atoms with Crippen LogP contribution in [0, 0.1) is 5.92 Å². The molecule has 1 atom stereocenters. The van der Waals surface area contributed by atoms with Gasteiger partial charge in [-0.05, 0) is 24.8 Å². The molecule has 0 saturated carbocycles. The van der Waals surface area contributed by atoms with Crippen molar-refractivity contribution in [2.75, 3.05) is 33.5 Å². The minimum absolute atomic E-state index is 0. The first-order valence-corrected chi connectivity index (χ1v) is 8.03. The highest BCUT2D eigenvalue weighted by molar-refractivity contribution is 5.85. The van der Waals surface area contributed by atoms with Crippen LogP contribution >= 0.6 is 12.4 Å². The van der Waals surface area contributed by atoms with Crippen LogP contribution in [0.1, 0.15) is 18.4 Å². The third-order valence-corrected chi connectivity index (χ3v) is 4.05. The molecule has 0 aromatic heterocycles. The van der Waals surface area contributed by atoms with Crippen LogP contribution in [-0.4, -0.2) is 45.5 Å². The Hall–Kier alpha value is -1.34. The van der Waals surface area contributed by atoms with Crippen molar-refractivity contribution in [3.63, 3.8) is 0 Å². The van der Waals surface area contributed by atoms with Crippen molar-refractivity contribution in [2.45, 2.75) is 25.4 Å². The van der Waals surface area contributed by atoms with Crippen molar-refractivity contribution in [2.24, 2.45) is 11.7 Å². The van der Waals surface area contributed by atoms with E-state index in [2.05, 4.69) is 5.32 Å². The molecule has 1 saturated heterocycles. The SMILES string of the molecule is COCCOc1ccccc1CNC(=O)C(N)C1CCOCC1.Cl. The zero-order valence-electron chi connectivity index (χ0n) is 14.0. The van der Waals surface area contributed by atoms with Crippen LogP contribution in [0.3, 0.4) is 0 Å². The molecule has 1 heterocycles. The number of para-hydroxylation sites is 1. The number of amides is 1. The monoisotopic (exact) mass is 358 g/mol. The first kappa shape index (κ1) is 20.7. The van der Waals surface area contributed by atoms with Crippen molar-refractivity contribution >= 4 is 18.3 Å². The quantitative estimate of drug-likeness (QED) is 0.688. The fourth-order valence-corrected chi connectivity index (χ4v) is 2.61. The van der Waals surface area contributed by atoms with E-state index in [0.29, 0.717) is 33.0 Å². The summed E-state index contributed by atoms with van der Waals surface area (Å²) in [5.74, 6) is 0.824. The predicted octanol–water partition coefficient (Wildman–Crippen LogP) is 1.50. The number of hydrogen-bond acceptors (Lipinski definition) is 5. The summed E-state index contributed by atoms with van der Waals surface area (Å²) in [7, 11) is 1.63. The van der Waals surface area contributed by atoms with Gasteiger partial charge in [-0.1, -0.05) is 18.2 Å². The number of nitrogens with one attached hydrogen (secondary N) is 1. The van der Waals surface area contributed by atoms with E-state index >= 15 is 0 Å². The molecule has 0 bridgehead atoms. The second-order valence-corrected chi connectivity index (χ2v) is 5.64. The third-order valence-electron chi connectivity index (χ3n) is 4.05. The zero-order chi connectivity index (χ0) is 16.5. The molecule has 1 amide bonds. The normalized spacial score (nSPS) is 16.1. The molecule has 136 valence electrons. The lowest BCUT2D eigenvalue weighted by molar-refractivity contribution is -0.124. The van der Waals surface area contributed by atoms with Crippen LogP contribution in [0.5, 0.6) is 5.75 Å². The number of benzene rings is 1. The minimum Gasteiger partial charge on any atom is -0.491 e. The highest BCUT2D eigenvalue weighted by atomic mass is 35.5. The predicted molar refractivity (Wildman–Crippen MR) is 94.4 cm³/mol. The summed E-state index contributed by atoms with van der Waals surface area (Å²) in [6.45, 7) is 2.76. The van der Waals surface area contributed by atoms with Gasteiger partial charge >= 0.3 is 0 Å². The van der Waals surface area contributed by atoms with Crippen molar-refractivity contribution in [1.29, 1.82) is 0 Å². The van der Waals surface area contributed by atoms with Crippen LogP contribution in [0.15, 0.2) is 24.3 Å². The van der Waals surface area contributed by atoms with Gasteiger partial charge in [0.15, 0.2) is 0 Å². The van der Waals surface area contributed by atoms with Crippen LogP contribution in [0.25, 0.3) is 0 Å². The highest BCUT2D eigenvalue weighted by Gasteiger charge is 2.26. The Kier molecular flexibility index (Phi) is 9.71. The van der Waals surface area contributed by atoms with E-state index in [1.54, 1.807) is 7.11 Å². The van der Waals surface area contributed by atoms with Crippen molar-refractivity contribution in [1.82, 2.24) is 5.32 Å². The van der Waals surface area contributed by atoms with Gasteiger partial charge in [-0.15, -0.1) is 12.4 Å². The summed E-state index contributed by atoms with van der Waals surface area (Å²) in [6, 6.07) is 7.16. The number of methoxy groups -OCH3 is 1. The number of carbonyl (C=O) groups excluding carboxylic acids is 1. The van der Waals surface area contributed by atoms with Crippen molar-refractivity contribution in [3.05, 3.63) is 29.8 Å². The van der Waals surface area contributed by atoms with Crippen LogP contribution in [0.4, 0.5) is 0 Å². The molecule has 1 fully saturated rings. The molecule has 1 unspecified atom stereocenters. The molecule has 0 radical (unpaired) electrons. The lowest BCUT2D eigenvalue weighted by Gasteiger charge is -2.26. The Morgan fingerprint density at radius 3 is 2.75 bits per heavy atom. The van der Waals surface area contributed by atoms with E-state index in [-0.39, 0.29) is 24.2 Å². The van der Waals surface area contributed by atoms with E-state index in [1.165, 1.54) is 0 Å². The molecule has 0 aliphatic carbocycles. The number of rotatable bonds is 8. The molecule has 2 rings (SSSR count). The maximum Gasteiger partial charge on any atom is 0.237 e. The Labute approximate surface area is 149 Å². The van der Waals surface area contributed by atoms with Gasteiger partial charge in [-0.2, -0.15) is 0 Å². The molecule has 1 aromatic rings. The summed E-state index contributed by atoms with van der Waals surface area (Å²) in [5, 5.41) is 2.91. The topological polar surface area (TPSA) is 82.8 Å². The van der Waals surface area contributed by atoms with E-state index in [0.717, 1.165) is 24.2 Å². The molecule has 1 aromatic carbocycles. The number of carbonyl (C=O) groups is 1. The largest absolute Gasteiger partial charge is 0.491 e. The van der Waals surface area contributed by atoms with E-state index in [1.807, 2.05) is 24.3 Å². The van der Waals surface area contributed by atoms with Gasteiger partial charge in [0.05, 0.1) is 12.6 Å². The lowest BCUT2D eigenvalue weighted by Crippen LogP contribution is -2.46. The molecular formula is C17H27ClN2O4. The third kappa shape index (κ3) is 6.28. The Bertz CT molecular complexity index is 495. The summed E-state index contributed by atoms with van der Waals surface area (Å²) in [6.07, 6.45) is 1.68. The molecule has 3 N–H and O–H groups in total. The standard InChI is InChI=1S/C17H26N2O4.ClH/c1-21-10-11-23-15-5-3-2-4-14(15)12-19-17(20)16(18)13-6-8-22-9-7-13;/h2-5,13,16H,6-12,18H2,1H3,(H,19,20);1H. The maximum atomic E-state index is 12.2. The van der Waals surface area contributed by atoms with Gasteiger partial charge in [-0.25, -0.2) is 0 Å². The number of hydrogen-bond donors (Lipinski definition) is 2. The maximum absolute atomic E-state index is 12.2. The minimum atomic E-state index is -0.486. The van der Waals surface area contributed by atoms with Crippen LogP contribution in [-0.2, 0) is 20.8 Å². The van der Waals surface area contributed by atoms with Gasteiger partial charge in [0.1, 0.15) is 12.4 Å². The van der Waals surface area contributed by atoms with Crippen molar-refractivity contribution in [3.8, 4) is 5.75 Å². The molecular weight excluding hydrogens is 332 g/mol. The first-order valence-electron chi connectivity index (χ1n) is 8.03. The summed E-state index contributed by atoms with van der Waals surface area (Å²) in [4.78, 5) is 12.2. The summed E-state index contributed by atoms with van der Waals surface area (Å²) in [5.41, 5.74) is 7.00. The Morgan fingerprint density at radius 1 is 1.33 bits per heavy atom. The molecule has 7 heteroatoms. The average molecular weight is 359 g/mol. The summed E-state index contributed by atoms with van der Waals surface area (Å²) < 4.78 is 15.9.